The number of nitro benzene ring substituents is 1. The average Bonchev–Trinajstić information content (AvgIpc) is 3.24. The predicted molar refractivity (Wildman–Crippen MR) is 115 cm³/mol. The molecule has 1 aliphatic heterocycles. The summed E-state index contributed by atoms with van der Waals surface area (Å²) in [4.78, 5) is 38.9. The first-order valence-corrected chi connectivity index (χ1v) is 10.5. The average molecular weight is 466 g/mol. The Morgan fingerprint density at radius 3 is 2.77 bits per heavy atom. The molecule has 0 spiro atoms. The van der Waals surface area contributed by atoms with Crippen LogP contribution in [0.1, 0.15) is 23.4 Å². The lowest BCUT2D eigenvalue weighted by atomic mass is 9.94. The van der Waals surface area contributed by atoms with Crippen molar-refractivity contribution in [1.82, 2.24) is 10.2 Å². The van der Waals surface area contributed by atoms with Gasteiger partial charge in [0, 0.05) is 23.8 Å². The van der Waals surface area contributed by atoms with E-state index in [0.717, 1.165) is 4.88 Å². The Kier molecular flexibility index (Phi) is 7.26. The lowest BCUT2D eigenvalue weighted by Crippen LogP contribution is -2.47. The van der Waals surface area contributed by atoms with Gasteiger partial charge in [-0.15, -0.1) is 11.3 Å². The van der Waals surface area contributed by atoms with E-state index in [4.69, 9.17) is 21.1 Å². The first-order valence-electron chi connectivity index (χ1n) is 9.24. The summed E-state index contributed by atoms with van der Waals surface area (Å²) in [5.74, 6) is -0.645. The SMILES string of the molecule is COCCOC(=O)C1=C(C)N(Cc2cccs2)C(=O)NC1c1ccc(Cl)c([N+](=O)[O-])c1. The van der Waals surface area contributed by atoms with Gasteiger partial charge in [0.25, 0.3) is 5.69 Å². The maximum Gasteiger partial charge on any atom is 0.338 e. The van der Waals surface area contributed by atoms with Gasteiger partial charge in [-0.1, -0.05) is 23.7 Å². The highest BCUT2D eigenvalue weighted by molar-refractivity contribution is 7.09. The smallest absolute Gasteiger partial charge is 0.338 e. The zero-order valence-corrected chi connectivity index (χ0v) is 18.4. The summed E-state index contributed by atoms with van der Waals surface area (Å²) >= 11 is 7.40. The second kappa shape index (κ2) is 9.90. The number of rotatable bonds is 8. The van der Waals surface area contributed by atoms with E-state index in [1.54, 1.807) is 6.92 Å². The number of carbonyl (C=O) groups excluding carboxylic acids is 2. The molecule has 11 heteroatoms. The highest BCUT2D eigenvalue weighted by atomic mass is 35.5. The van der Waals surface area contributed by atoms with Crippen LogP contribution in [-0.4, -0.2) is 42.1 Å². The number of ether oxygens (including phenoxy) is 2. The molecule has 0 fully saturated rings. The molecular formula is C20H20ClN3O6S. The Hall–Kier alpha value is -2.95. The van der Waals surface area contributed by atoms with Crippen LogP contribution in [0, 0.1) is 10.1 Å². The van der Waals surface area contributed by atoms with Crippen LogP contribution in [0.5, 0.6) is 0 Å². The quantitative estimate of drug-likeness (QED) is 0.272. The van der Waals surface area contributed by atoms with E-state index < -0.39 is 23.0 Å². The maximum atomic E-state index is 12.9. The van der Waals surface area contributed by atoms with Crippen molar-refractivity contribution in [2.75, 3.05) is 20.3 Å². The van der Waals surface area contributed by atoms with Crippen molar-refractivity contribution in [3.63, 3.8) is 0 Å². The van der Waals surface area contributed by atoms with Gasteiger partial charge < -0.3 is 14.8 Å². The fraction of sp³-hybridized carbons (Fsp3) is 0.300. The lowest BCUT2D eigenvalue weighted by molar-refractivity contribution is -0.384. The van der Waals surface area contributed by atoms with Crippen LogP contribution in [0.2, 0.25) is 5.02 Å². The first-order chi connectivity index (χ1) is 14.8. The normalized spacial score (nSPS) is 16.3. The summed E-state index contributed by atoms with van der Waals surface area (Å²) in [7, 11) is 1.48. The van der Waals surface area contributed by atoms with Crippen LogP contribution in [0.25, 0.3) is 0 Å². The Balaban J connectivity index is 2.03. The van der Waals surface area contributed by atoms with Crippen LogP contribution in [-0.2, 0) is 20.8 Å². The molecule has 31 heavy (non-hydrogen) atoms. The lowest BCUT2D eigenvalue weighted by Gasteiger charge is -2.35. The zero-order chi connectivity index (χ0) is 22.5. The fourth-order valence-electron chi connectivity index (χ4n) is 3.19. The molecule has 164 valence electrons. The molecule has 1 aromatic heterocycles. The van der Waals surface area contributed by atoms with Gasteiger partial charge in [0.2, 0.25) is 0 Å². The van der Waals surface area contributed by atoms with Gasteiger partial charge in [-0.2, -0.15) is 0 Å². The molecule has 0 saturated carbocycles. The van der Waals surface area contributed by atoms with Crippen molar-refractivity contribution in [3.05, 3.63) is 72.6 Å². The third-order valence-corrected chi connectivity index (χ3v) is 5.91. The molecule has 0 aliphatic carbocycles. The zero-order valence-electron chi connectivity index (χ0n) is 16.8. The third kappa shape index (κ3) is 5.04. The summed E-state index contributed by atoms with van der Waals surface area (Å²) in [6, 6.07) is 6.54. The number of amides is 2. The Bertz CT molecular complexity index is 1020. The van der Waals surface area contributed by atoms with E-state index in [1.807, 2.05) is 17.5 Å². The number of nitrogens with zero attached hydrogens (tertiary/aromatic N) is 2. The van der Waals surface area contributed by atoms with Crippen molar-refractivity contribution in [2.24, 2.45) is 0 Å². The minimum Gasteiger partial charge on any atom is -0.460 e. The van der Waals surface area contributed by atoms with Crippen LogP contribution >= 0.6 is 22.9 Å². The van der Waals surface area contributed by atoms with Crippen molar-refractivity contribution < 1.29 is 24.0 Å². The van der Waals surface area contributed by atoms with Crippen LogP contribution in [0.3, 0.4) is 0 Å². The number of benzene rings is 1. The highest BCUT2D eigenvalue weighted by Crippen LogP contribution is 2.35. The number of halogens is 1. The number of nitro groups is 1. The molecular weight excluding hydrogens is 446 g/mol. The standard InChI is InChI=1S/C20H20ClN3O6S/c1-12-17(19(25)30-8-7-29-2)18(13-5-6-15(21)16(10-13)24(27)28)22-20(26)23(12)11-14-4-3-9-31-14/h3-6,9-10,18H,7-8,11H2,1-2H3,(H,22,26). The molecule has 0 radical (unpaired) electrons. The molecule has 1 N–H and O–H groups in total. The summed E-state index contributed by atoms with van der Waals surface area (Å²) in [6.45, 7) is 2.16. The van der Waals surface area contributed by atoms with E-state index in [9.17, 15) is 19.7 Å². The van der Waals surface area contributed by atoms with Gasteiger partial charge in [-0.3, -0.25) is 15.0 Å². The van der Waals surface area contributed by atoms with Crippen molar-refractivity contribution in [1.29, 1.82) is 0 Å². The number of hydrogen-bond acceptors (Lipinski definition) is 7. The largest absolute Gasteiger partial charge is 0.460 e. The maximum absolute atomic E-state index is 12.9. The van der Waals surface area contributed by atoms with Crippen LogP contribution in [0.15, 0.2) is 47.0 Å². The molecule has 3 rings (SSSR count). The number of allylic oxidation sites excluding steroid dienone is 1. The molecule has 1 aromatic carbocycles. The second-order valence-corrected chi connectivity index (χ2v) is 8.08. The number of methoxy groups -OCH3 is 1. The van der Waals surface area contributed by atoms with Crippen LogP contribution in [0.4, 0.5) is 10.5 Å². The van der Waals surface area contributed by atoms with Crippen LogP contribution < -0.4 is 5.32 Å². The highest BCUT2D eigenvalue weighted by Gasteiger charge is 2.37. The molecule has 2 amide bonds. The van der Waals surface area contributed by atoms with Gasteiger partial charge in [0.05, 0.1) is 29.7 Å². The number of hydrogen-bond donors (Lipinski definition) is 1. The van der Waals surface area contributed by atoms with Gasteiger partial charge >= 0.3 is 12.0 Å². The Morgan fingerprint density at radius 1 is 1.35 bits per heavy atom. The van der Waals surface area contributed by atoms with E-state index in [0.29, 0.717) is 11.3 Å². The van der Waals surface area contributed by atoms with E-state index >= 15 is 0 Å². The molecule has 1 aliphatic rings. The van der Waals surface area contributed by atoms with Gasteiger partial charge in [0.1, 0.15) is 11.6 Å². The van der Waals surface area contributed by atoms with Gasteiger partial charge in [0.15, 0.2) is 0 Å². The molecule has 2 aromatic rings. The minimum absolute atomic E-state index is 0.0263. The number of urea groups is 1. The third-order valence-electron chi connectivity index (χ3n) is 4.73. The number of esters is 1. The van der Waals surface area contributed by atoms with E-state index in [2.05, 4.69) is 5.32 Å². The van der Waals surface area contributed by atoms with Gasteiger partial charge in [-0.25, -0.2) is 9.59 Å². The Labute approximate surface area is 187 Å². The molecule has 9 nitrogen and oxygen atoms in total. The fourth-order valence-corrected chi connectivity index (χ4v) is 4.07. The molecule has 0 saturated heterocycles. The first kappa shape index (κ1) is 22.7. The van der Waals surface area contributed by atoms with Crippen molar-refractivity contribution in [2.45, 2.75) is 19.5 Å². The monoisotopic (exact) mass is 465 g/mol. The molecule has 0 bridgehead atoms. The topological polar surface area (TPSA) is 111 Å². The number of carbonyl (C=O) groups is 2. The minimum atomic E-state index is -0.932. The summed E-state index contributed by atoms with van der Waals surface area (Å²) in [5.41, 5.74) is 0.614. The van der Waals surface area contributed by atoms with Crippen molar-refractivity contribution >= 4 is 40.6 Å². The van der Waals surface area contributed by atoms with Gasteiger partial charge in [-0.05, 0) is 30.0 Å². The molecule has 1 atom stereocenters. The second-order valence-electron chi connectivity index (χ2n) is 6.64. The van der Waals surface area contributed by atoms with E-state index in [-0.39, 0.29) is 36.0 Å². The summed E-state index contributed by atoms with van der Waals surface area (Å²) in [5, 5.41) is 15.9. The number of nitrogens with one attached hydrogen (secondary N) is 1. The summed E-state index contributed by atoms with van der Waals surface area (Å²) < 4.78 is 10.2. The number of thiophene rings is 1. The van der Waals surface area contributed by atoms with E-state index in [1.165, 1.54) is 41.5 Å². The van der Waals surface area contributed by atoms with Crippen molar-refractivity contribution in [3.8, 4) is 0 Å². The Morgan fingerprint density at radius 2 is 2.13 bits per heavy atom. The summed E-state index contributed by atoms with van der Waals surface area (Å²) in [6.07, 6.45) is 0. The molecule has 2 heterocycles. The molecule has 1 unspecified atom stereocenters. The predicted octanol–water partition coefficient (Wildman–Crippen LogP) is 4.04.